The predicted octanol–water partition coefficient (Wildman–Crippen LogP) is 3.41. The molecule has 0 aliphatic heterocycles. The van der Waals surface area contributed by atoms with E-state index in [1.165, 1.54) is 18.2 Å². The lowest BCUT2D eigenvalue weighted by atomic mass is 9.87. The number of hydrogen-bond donors (Lipinski definition) is 2. The Morgan fingerprint density at radius 3 is 2.79 bits per heavy atom. The first kappa shape index (κ1) is 15.6. The van der Waals surface area contributed by atoms with E-state index in [1.54, 1.807) is 0 Å². The Balaban J connectivity index is 2.43. The molecule has 0 atom stereocenters. The minimum absolute atomic E-state index is 0.187. The van der Waals surface area contributed by atoms with Crippen LogP contribution in [0.5, 0.6) is 5.75 Å². The Kier molecular flexibility index (Phi) is 5.42. The topological polar surface area (TPSA) is 67.8 Å². The van der Waals surface area contributed by atoms with Gasteiger partial charge in [0.2, 0.25) is 0 Å². The summed E-state index contributed by atoms with van der Waals surface area (Å²) in [4.78, 5) is 0. The molecule has 6 heteroatoms. The Hall–Kier alpha value is -1.49. The van der Waals surface area contributed by atoms with Gasteiger partial charge in [-0.25, -0.2) is 4.39 Å². The Bertz CT molecular complexity index is 464. The molecule has 0 aliphatic rings. The molecular formula is C13H18ClFN2O2. The van der Waals surface area contributed by atoms with Crippen LogP contribution >= 0.6 is 11.6 Å². The van der Waals surface area contributed by atoms with E-state index in [1.807, 2.05) is 13.8 Å². The molecule has 4 nitrogen and oxygen atoms in total. The number of oxime groups is 1. The number of nitrogens with zero attached hydrogens (tertiary/aromatic N) is 1. The van der Waals surface area contributed by atoms with Crippen LogP contribution in [0.15, 0.2) is 23.4 Å². The number of hydrogen-bond acceptors (Lipinski definition) is 3. The second-order valence-electron chi connectivity index (χ2n) is 4.90. The van der Waals surface area contributed by atoms with Crippen molar-refractivity contribution in [2.45, 2.75) is 26.7 Å². The second kappa shape index (κ2) is 6.61. The Labute approximate surface area is 117 Å². The normalized spacial score (nSPS) is 12.5. The molecule has 0 saturated heterocycles. The molecule has 106 valence electrons. The SMILES string of the molecule is CC(C)(CCCOc1ccc(F)cc1Cl)C(N)=NO. The average Bonchev–Trinajstić information content (AvgIpc) is 2.35. The minimum atomic E-state index is -0.398. The molecule has 0 bridgehead atoms. The standard InChI is InChI=1S/C13H18ClFN2O2/c1-13(2,12(16)17-18)6-3-7-19-11-5-4-9(15)8-10(11)14/h4-5,8,18H,3,6-7H2,1-2H3,(H2,16,17). The van der Waals surface area contributed by atoms with Gasteiger partial charge in [-0.2, -0.15) is 0 Å². The molecule has 19 heavy (non-hydrogen) atoms. The summed E-state index contributed by atoms with van der Waals surface area (Å²) in [6, 6.07) is 3.99. The number of nitrogens with two attached hydrogens (primary N) is 1. The highest BCUT2D eigenvalue weighted by Crippen LogP contribution is 2.26. The molecule has 0 fully saturated rings. The van der Waals surface area contributed by atoms with E-state index in [9.17, 15) is 4.39 Å². The third-order valence-corrected chi connectivity index (χ3v) is 3.19. The lowest BCUT2D eigenvalue weighted by Crippen LogP contribution is -2.32. The van der Waals surface area contributed by atoms with Crippen LogP contribution in [0, 0.1) is 11.2 Å². The molecule has 0 unspecified atom stereocenters. The van der Waals surface area contributed by atoms with Crippen LogP contribution in [0.2, 0.25) is 5.02 Å². The summed E-state index contributed by atoms with van der Waals surface area (Å²) < 4.78 is 18.3. The van der Waals surface area contributed by atoms with Crippen LogP contribution in [-0.4, -0.2) is 17.6 Å². The van der Waals surface area contributed by atoms with Crippen LogP contribution in [0.1, 0.15) is 26.7 Å². The van der Waals surface area contributed by atoms with Crippen LogP contribution < -0.4 is 10.5 Å². The zero-order valence-corrected chi connectivity index (χ0v) is 11.7. The van der Waals surface area contributed by atoms with E-state index in [4.69, 9.17) is 27.3 Å². The smallest absolute Gasteiger partial charge is 0.144 e. The van der Waals surface area contributed by atoms with Crippen LogP contribution in [-0.2, 0) is 0 Å². The molecule has 0 aliphatic carbocycles. The highest BCUT2D eigenvalue weighted by Gasteiger charge is 2.22. The van der Waals surface area contributed by atoms with Crippen LogP contribution in [0.4, 0.5) is 4.39 Å². The van der Waals surface area contributed by atoms with Crippen molar-refractivity contribution < 1.29 is 14.3 Å². The number of rotatable bonds is 6. The van der Waals surface area contributed by atoms with Gasteiger partial charge in [-0.3, -0.25) is 0 Å². The van der Waals surface area contributed by atoms with Gasteiger partial charge in [0, 0.05) is 5.41 Å². The molecular weight excluding hydrogens is 271 g/mol. The molecule has 1 aromatic rings. The van der Waals surface area contributed by atoms with Crippen molar-refractivity contribution in [3.8, 4) is 5.75 Å². The molecule has 1 rings (SSSR count). The van der Waals surface area contributed by atoms with E-state index in [0.29, 0.717) is 25.2 Å². The van der Waals surface area contributed by atoms with Crippen molar-refractivity contribution in [2.75, 3.05) is 6.61 Å². The number of benzene rings is 1. The van der Waals surface area contributed by atoms with E-state index in [0.717, 1.165) is 0 Å². The maximum absolute atomic E-state index is 12.8. The molecule has 0 heterocycles. The van der Waals surface area contributed by atoms with E-state index >= 15 is 0 Å². The number of amidine groups is 1. The molecule has 0 radical (unpaired) electrons. The fourth-order valence-electron chi connectivity index (χ4n) is 1.55. The summed E-state index contributed by atoms with van der Waals surface area (Å²) in [7, 11) is 0. The third kappa shape index (κ3) is 4.59. The van der Waals surface area contributed by atoms with E-state index < -0.39 is 11.2 Å². The Morgan fingerprint density at radius 1 is 1.53 bits per heavy atom. The van der Waals surface area contributed by atoms with Gasteiger partial charge in [0.15, 0.2) is 0 Å². The van der Waals surface area contributed by atoms with Gasteiger partial charge in [-0.1, -0.05) is 30.6 Å². The van der Waals surface area contributed by atoms with Crippen molar-refractivity contribution in [3.05, 3.63) is 29.0 Å². The fraction of sp³-hybridized carbons (Fsp3) is 0.462. The second-order valence-corrected chi connectivity index (χ2v) is 5.30. The molecule has 0 spiro atoms. The van der Waals surface area contributed by atoms with Crippen molar-refractivity contribution in [3.63, 3.8) is 0 Å². The lowest BCUT2D eigenvalue weighted by Gasteiger charge is -2.22. The average molecular weight is 289 g/mol. The Morgan fingerprint density at radius 2 is 2.21 bits per heavy atom. The summed E-state index contributed by atoms with van der Waals surface area (Å²) in [6.45, 7) is 4.19. The van der Waals surface area contributed by atoms with Gasteiger partial charge < -0.3 is 15.7 Å². The number of halogens is 2. The summed E-state index contributed by atoms with van der Waals surface area (Å²) in [5.41, 5.74) is 5.18. The predicted molar refractivity (Wildman–Crippen MR) is 73.3 cm³/mol. The van der Waals surface area contributed by atoms with Crippen molar-refractivity contribution in [2.24, 2.45) is 16.3 Å². The minimum Gasteiger partial charge on any atom is -0.492 e. The molecule has 0 saturated carbocycles. The summed E-state index contributed by atoms with van der Waals surface area (Å²) in [6.07, 6.45) is 1.40. The van der Waals surface area contributed by atoms with Gasteiger partial charge in [0.05, 0.1) is 11.6 Å². The van der Waals surface area contributed by atoms with Gasteiger partial charge in [0.1, 0.15) is 17.4 Å². The molecule has 1 aromatic carbocycles. The van der Waals surface area contributed by atoms with Gasteiger partial charge in [-0.05, 0) is 31.0 Å². The van der Waals surface area contributed by atoms with Crippen LogP contribution in [0.3, 0.4) is 0 Å². The summed E-state index contributed by atoms with van der Waals surface area (Å²) in [5, 5.41) is 11.9. The molecule has 0 aromatic heterocycles. The first-order chi connectivity index (χ1) is 8.86. The number of ether oxygens (including phenoxy) is 1. The first-order valence-electron chi connectivity index (χ1n) is 5.92. The van der Waals surface area contributed by atoms with E-state index in [-0.39, 0.29) is 10.9 Å². The maximum atomic E-state index is 12.8. The summed E-state index contributed by atoms with van der Waals surface area (Å²) in [5.74, 6) is 0.238. The highest BCUT2D eigenvalue weighted by molar-refractivity contribution is 6.32. The quantitative estimate of drug-likeness (QED) is 0.277. The maximum Gasteiger partial charge on any atom is 0.144 e. The molecule has 0 amide bonds. The molecule has 3 N–H and O–H groups in total. The highest BCUT2D eigenvalue weighted by atomic mass is 35.5. The third-order valence-electron chi connectivity index (χ3n) is 2.90. The van der Waals surface area contributed by atoms with E-state index in [2.05, 4.69) is 5.16 Å². The van der Waals surface area contributed by atoms with Crippen molar-refractivity contribution in [1.82, 2.24) is 0 Å². The van der Waals surface area contributed by atoms with Crippen molar-refractivity contribution >= 4 is 17.4 Å². The van der Waals surface area contributed by atoms with Crippen LogP contribution in [0.25, 0.3) is 0 Å². The fourth-order valence-corrected chi connectivity index (χ4v) is 1.77. The monoisotopic (exact) mass is 288 g/mol. The largest absolute Gasteiger partial charge is 0.492 e. The zero-order valence-electron chi connectivity index (χ0n) is 11.0. The van der Waals surface area contributed by atoms with Gasteiger partial charge in [0.25, 0.3) is 0 Å². The van der Waals surface area contributed by atoms with Gasteiger partial charge >= 0.3 is 0 Å². The van der Waals surface area contributed by atoms with Crippen molar-refractivity contribution in [1.29, 1.82) is 0 Å². The lowest BCUT2D eigenvalue weighted by molar-refractivity contribution is 0.277. The summed E-state index contributed by atoms with van der Waals surface area (Å²) >= 11 is 5.83. The first-order valence-corrected chi connectivity index (χ1v) is 6.30. The van der Waals surface area contributed by atoms with Gasteiger partial charge in [-0.15, -0.1) is 0 Å². The zero-order chi connectivity index (χ0) is 14.5.